The monoisotopic (exact) mass is 314 g/mol. The summed E-state index contributed by atoms with van der Waals surface area (Å²) in [5, 5.41) is 9.82. The lowest BCUT2D eigenvalue weighted by atomic mass is 10.1. The standard InChI is InChI=1S/C16H11ClN2O3/c17-11-6-4-5-10(9-11)14-13(15(20)21)18-16(22)19(14)12-7-2-1-3-8-12/h1-9H,(H,18,22)(H,20,21). The predicted octanol–water partition coefficient (Wildman–Crippen LogP) is 3.18. The molecule has 0 saturated heterocycles. The molecule has 1 heterocycles. The Hall–Kier alpha value is -2.79. The molecule has 0 radical (unpaired) electrons. The first-order valence-electron chi connectivity index (χ1n) is 6.47. The number of para-hydroxylation sites is 1. The van der Waals surface area contributed by atoms with Crippen molar-refractivity contribution in [3.63, 3.8) is 0 Å². The minimum absolute atomic E-state index is 0.170. The largest absolute Gasteiger partial charge is 0.477 e. The highest BCUT2D eigenvalue weighted by Gasteiger charge is 2.21. The molecule has 0 amide bonds. The van der Waals surface area contributed by atoms with Crippen molar-refractivity contribution in [1.29, 1.82) is 0 Å². The van der Waals surface area contributed by atoms with Crippen LogP contribution in [0.2, 0.25) is 5.02 Å². The van der Waals surface area contributed by atoms with Gasteiger partial charge in [-0.2, -0.15) is 0 Å². The van der Waals surface area contributed by atoms with Gasteiger partial charge in [0.1, 0.15) is 0 Å². The number of imidazole rings is 1. The molecule has 0 aliphatic rings. The van der Waals surface area contributed by atoms with Gasteiger partial charge >= 0.3 is 11.7 Å². The van der Waals surface area contributed by atoms with Crippen LogP contribution in [0.1, 0.15) is 10.5 Å². The first-order valence-corrected chi connectivity index (χ1v) is 6.85. The number of benzene rings is 2. The second-order valence-electron chi connectivity index (χ2n) is 4.64. The van der Waals surface area contributed by atoms with Gasteiger partial charge in [0.05, 0.1) is 11.4 Å². The summed E-state index contributed by atoms with van der Waals surface area (Å²) in [5.41, 5.74) is 0.708. The molecule has 2 N–H and O–H groups in total. The summed E-state index contributed by atoms with van der Waals surface area (Å²) >= 11 is 5.99. The zero-order valence-electron chi connectivity index (χ0n) is 11.3. The lowest BCUT2D eigenvalue weighted by Gasteiger charge is -2.09. The molecule has 0 spiro atoms. The fourth-order valence-corrected chi connectivity index (χ4v) is 2.51. The lowest BCUT2D eigenvalue weighted by Crippen LogP contribution is -2.15. The maximum atomic E-state index is 12.2. The molecule has 3 aromatic rings. The van der Waals surface area contributed by atoms with Crippen LogP contribution in [0, 0.1) is 0 Å². The molecule has 110 valence electrons. The number of H-pyrrole nitrogens is 1. The fraction of sp³-hybridized carbons (Fsp3) is 0. The first kappa shape index (κ1) is 14.2. The number of aromatic amines is 1. The molecule has 3 rings (SSSR count). The van der Waals surface area contributed by atoms with Gasteiger partial charge in [-0.1, -0.05) is 41.9 Å². The highest BCUT2D eigenvalue weighted by atomic mass is 35.5. The van der Waals surface area contributed by atoms with Crippen LogP contribution in [0.4, 0.5) is 0 Å². The third-order valence-corrected chi connectivity index (χ3v) is 3.46. The number of carbonyl (C=O) groups is 1. The van der Waals surface area contributed by atoms with E-state index in [1.54, 1.807) is 48.5 Å². The third-order valence-electron chi connectivity index (χ3n) is 3.22. The van der Waals surface area contributed by atoms with Crippen LogP contribution < -0.4 is 5.69 Å². The maximum absolute atomic E-state index is 12.2. The van der Waals surface area contributed by atoms with Crippen molar-refractivity contribution in [1.82, 2.24) is 9.55 Å². The van der Waals surface area contributed by atoms with E-state index in [9.17, 15) is 14.7 Å². The van der Waals surface area contributed by atoms with Crippen LogP contribution in [-0.2, 0) is 0 Å². The van der Waals surface area contributed by atoms with Crippen molar-refractivity contribution in [2.45, 2.75) is 0 Å². The summed E-state index contributed by atoms with van der Waals surface area (Å²) in [6, 6.07) is 15.5. The number of nitrogens with one attached hydrogen (secondary N) is 1. The second-order valence-corrected chi connectivity index (χ2v) is 5.08. The Bertz CT molecular complexity index is 897. The van der Waals surface area contributed by atoms with Gasteiger partial charge in [-0.15, -0.1) is 0 Å². The zero-order chi connectivity index (χ0) is 15.7. The number of hydrogen-bond donors (Lipinski definition) is 2. The van der Waals surface area contributed by atoms with Crippen molar-refractivity contribution in [2.24, 2.45) is 0 Å². The number of aromatic nitrogens is 2. The molecule has 0 unspecified atom stereocenters. The van der Waals surface area contributed by atoms with Gasteiger partial charge in [-0.3, -0.25) is 9.55 Å². The van der Waals surface area contributed by atoms with Crippen LogP contribution in [-0.4, -0.2) is 20.6 Å². The average Bonchev–Trinajstić information content (AvgIpc) is 2.86. The van der Waals surface area contributed by atoms with E-state index in [0.29, 0.717) is 16.3 Å². The molecular formula is C16H11ClN2O3. The number of carboxylic acid groups (broad SMARTS) is 1. The Morgan fingerprint density at radius 2 is 1.82 bits per heavy atom. The van der Waals surface area contributed by atoms with Crippen molar-refractivity contribution < 1.29 is 9.90 Å². The molecule has 0 fully saturated rings. The summed E-state index contributed by atoms with van der Waals surface area (Å²) in [7, 11) is 0. The van der Waals surface area contributed by atoms with E-state index < -0.39 is 11.7 Å². The Balaban J connectivity index is 2.36. The molecule has 2 aromatic carbocycles. The number of halogens is 1. The summed E-state index contributed by atoms with van der Waals surface area (Å²) < 4.78 is 1.33. The van der Waals surface area contributed by atoms with Crippen LogP contribution in [0.5, 0.6) is 0 Å². The van der Waals surface area contributed by atoms with Crippen molar-refractivity contribution in [3.05, 3.63) is 75.8 Å². The topological polar surface area (TPSA) is 75.1 Å². The van der Waals surface area contributed by atoms with Crippen molar-refractivity contribution in [3.8, 4) is 16.9 Å². The van der Waals surface area contributed by atoms with E-state index in [1.807, 2.05) is 6.07 Å². The molecule has 6 heteroatoms. The molecule has 5 nitrogen and oxygen atoms in total. The quantitative estimate of drug-likeness (QED) is 0.779. The van der Waals surface area contributed by atoms with Gasteiger partial charge in [0.2, 0.25) is 0 Å². The molecule has 0 atom stereocenters. The Kier molecular flexibility index (Phi) is 3.56. The van der Waals surface area contributed by atoms with Gasteiger partial charge in [-0.05, 0) is 24.3 Å². The summed E-state index contributed by atoms with van der Waals surface area (Å²) in [6.07, 6.45) is 0. The second kappa shape index (κ2) is 5.54. The van der Waals surface area contributed by atoms with Gasteiger partial charge in [0.15, 0.2) is 5.69 Å². The number of carboxylic acids is 1. The van der Waals surface area contributed by atoms with Gasteiger partial charge in [0.25, 0.3) is 0 Å². The van der Waals surface area contributed by atoms with Crippen molar-refractivity contribution >= 4 is 17.6 Å². The van der Waals surface area contributed by atoms with Crippen LogP contribution >= 0.6 is 11.6 Å². The normalized spacial score (nSPS) is 10.6. The van der Waals surface area contributed by atoms with Gasteiger partial charge in [0, 0.05) is 10.6 Å². The van der Waals surface area contributed by atoms with E-state index in [-0.39, 0.29) is 11.4 Å². The number of rotatable bonds is 3. The van der Waals surface area contributed by atoms with Gasteiger partial charge in [-0.25, -0.2) is 9.59 Å². The Morgan fingerprint density at radius 3 is 2.45 bits per heavy atom. The minimum Gasteiger partial charge on any atom is -0.477 e. The van der Waals surface area contributed by atoms with Crippen molar-refractivity contribution in [2.75, 3.05) is 0 Å². The third kappa shape index (κ3) is 2.42. The summed E-state index contributed by atoms with van der Waals surface area (Å²) in [5.74, 6) is -1.21. The highest BCUT2D eigenvalue weighted by molar-refractivity contribution is 6.30. The molecule has 0 bridgehead atoms. The SMILES string of the molecule is O=C(O)c1[nH]c(=O)n(-c2ccccc2)c1-c1cccc(Cl)c1. The summed E-state index contributed by atoms with van der Waals surface area (Å²) in [4.78, 5) is 26.1. The average molecular weight is 315 g/mol. The van der Waals surface area contributed by atoms with Gasteiger partial charge < -0.3 is 5.11 Å². The number of hydrogen-bond acceptors (Lipinski definition) is 2. The van der Waals surface area contributed by atoms with E-state index in [2.05, 4.69) is 4.98 Å². The molecular weight excluding hydrogens is 304 g/mol. The molecule has 1 aromatic heterocycles. The maximum Gasteiger partial charge on any atom is 0.354 e. The van der Waals surface area contributed by atoms with Crippen LogP contribution in [0.25, 0.3) is 16.9 Å². The number of nitrogens with zero attached hydrogens (tertiary/aromatic N) is 1. The highest BCUT2D eigenvalue weighted by Crippen LogP contribution is 2.26. The smallest absolute Gasteiger partial charge is 0.354 e. The van der Waals surface area contributed by atoms with E-state index in [1.165, 1.54) is 4.57 Å². The number of aromatic carboxylic acids is 1. The molecule has 22 heavy (non-hydrogen) atoms. The van der Waals surface area contributed by atoms with Crippen LogP contribution in [0.15, 0.2) is 59.4 Å². The zero-order valence-corrected chi connectivity index (χ0v) is 12.0. The molecule has 0 aliphatic heterocycles. The molecule has 0 aliphatic carbocycles. The van der Waals surface area contributed by atoms with E-state index in [4.69, 9.17) is 11.6 Å². The predicted molar refractivity (Wildman–Crippen MR) is 83.8 cm³/mol. The molecule has 0 saturated carbocycles. The van der Waals surface area contributed by atoms with E-state index in [0.717, 1.165) is 0 Å². The summed E-state index contributed by atoms with van der Waals surface area (Å²) in [6.45, 7) is 0. The Morgan fingerprint density at radius 1 is 1.09 bits per heavy atom. The van der Waals surface area contributed by atoms with E-state index >= 15 is 0 Å². The van der Waals surface area contributed by atoms with Crippen LogP contribution in [0.3, 0.4) is 0 Å². The Labute approximate surface area is 130 Å². The lowest BCUT2D eigenvalue weighted by molar-refractivity contribution is 0.0692. The fourth-order valence-electron chi connectivity index (χ4n) is 2.32. The minimum atomic E-state index is -1.21. The first-order chi connectivity index (χ1) is 10.6.